The van der Waals surface area contributed by atoms with Crippen molar-refractivity contribution in [2.75, 3.05) is 0 Å². The summed E-state index contributed by atoms with van der Waals surface area (Å²) in [6, 6.07) is 0.213. The molecule has 6 heteroatoms. The molecule has 0 heterocycles. The van der Waals surface area contributed by atoms with Crippen molar-refractivity contribution in [2.24, 2.45) is 0 Å². The Balaban J connectivity index is 2.35. The lowest BCUT2D eigenvalue weighted by atomic mass is 9.91. The number of carbonyl (C=O) groups is 2. The molecule has 2 unspecified atom stereocenters. The number of urea groups is 1. The largest absolute Gasteiger partial charge is 0.354 e. The minimum Gasteiger partial charge on any atom is -0.354 e. The second-order valence-corrected chi connectivity index (χ2v) is 4.37. The smallest absolute Gasteiger partial charge is 0.323 e. The Kier molecular flexibility index (Phi) is 5.13. The molecule has 0 aromatic heterocycles. The zero-order valence-electron chi connectivity index (χ0n) is 8.68. The third-order valence-electron chi connectivity index (χ3n) is 2.50. The van der Waals surface area contributed by atoms with Gasteiger partial charge in [0.25, 0.3) is 0 Å². The molecule has 1 aliphatic rings. The molecule has 15 heavy (non-hydrogen) atoms. The quantitative estimate of drug-likeness (QED) is 0.525. The number of hydrogen-bond donors (Lipinski definition) is 3. The van der Waals surface area contributed by atoms with E-state index in [-0.39, 0.29) is 24.0 Å². The normalized spacial score (nSPS) is 25.5. The van der Waals surface area contributed by atoms with Crippen LogP contribution < -0.4 is 14.2 Å². The highest BCUT2D eigenvalue weighted by Gasteiger charge is 2.23. The predicted molar refractivity (Wildman–Crippen MR) is 65.5 cm³/mol. The van der Waals surface area contributed by atoms with Crippen LogP contribution in [0.2, 0.25) is 0 Å². The van der Waals surface area contributed by atoms with Gasteiger partial charge in [0.15, 0.2) is 0 Å². The third kappa shape index (κ3) is 4.67. The summed E-state index contributed by atoms with van der Waals surface area (Å²) in [4.78, 5) is 22.0. The first-order valence-corrected chi connectivity index (χ1v) is 6.14. The van der Waals surface area contributed by atoms with Crippen molar-refractivity contribution in [1.82, 2.24) is 14.2 Å². The molecule has 1 rings (SSSR count). The van der Waals surface area contributed by atoms with Gasteiger partial charge in [0, 0.05) is 19.0 Å². The Morgan fingerprint density at radius 2 is 1.80 bits per heavy atom. The lowest BCUT2D eigenvalue weighted by Gasteiger charge is -2.29. The van der Waals surface area contributed by atoms with E-state index in [0.717, 1.165) is 25.7 Å². The van der Waals surface area contributed by atoms with Crippen molar-refractivity contribution in [3.8, 4) is 0 Å². The standard InChI is InChI=1S/C9H16IN3O2/c1-6(14)11-7-3-2-4-8(5-7)12-9(15)13-10/h7-8H,2-5H2,1H3,(H,11,14)(H2,12,13,15). The predicted octanol–water partition coefficient (Wildman–Crippen LogP) is 1.08. The van der Waals surface area contributed by atoms with Gasteiger partial charge in [-0.3, -0.25) is 8.32 Å². The average Bonchev–Trinajstić information content (AvgIpc) is 2.17. The van der Waals surface area contributed by atoms with Gasteiger partial charge in [-0.2, -0.15) is 0 Å². The highest BCUT2D eigenvalue weighted by atomic mass is 127. The lowest BCUT2D eigenvalue weighted by molar-refractivity contribution is -0.119. The molecule has 1 fully saturated rings. The Morgan fingerprint density at radius 3 is 2.33 bits per heavy atom. The van der Waals surface area contributed by atoms with Gasteiger partial charge in [0.2, 0.25) is 5.91 Å². The van der Waals surface area contributed by atoms with Gasteiger partial charge in [-0.15, -0.1) is 0 Å². The van der Waals surface area contributed by atoms with E-state index < -0.39 is 0 Å². The van der Waals surface area contributed by atoms with Crippen molar-refractivity contribution < 1.29 is 9.59 Å². The minimum atomic E-state index is -0.163. The number of amides is 3. The molecule has 1 aliphatic carbocycles. The Bertz CT molecular complexity index is 248. The van der Waals surface area contributed by atoms with E-state index in [0.29, 0.717) is 0 Å². The van der Waals surface area contributed by atoms with Gasteiger partial charge >= 0.3 is 6.03 Å². The number of halogens is 1. The maximum absolute atomic E-state index is 11.1. The second kappa shape index (κ2) is 6.14. The van der Waals surface area contributed by atoms with Crippen molar-refractivity contribution in [2.45, 2.75) is 44.7 Å². The molecule has 0 radical (unpaired) electrons. The molecule has 0 aromatic carbocycles. The fourth-order valence-electron chi connectivity index (χ4n) is 1.95. The first kappa shape index (κ1) is 12.5. The van der Waals surface area contributed by atoms with Crippen LogP contribution in [0, 0.1) is 0 Å². The summed E-state index contributed by atoms with van der Waals surface area (Å²) < 4.78 is 2.50. The summed E-state index contributed by atoms with van der Waals surface area (Å²) >= 11 is 1.80. The van der Waals surface area contributed by atoms with Crippen molar-refractivity contribution in [3.05, 3.63) is 0 Å². The van der Waals surface area contributed by atoms with E-state index in [2.05, 4.69) is 14.2 Å². The highest BCUT2D eigenvalue weighted by Crippen LogP contribution is 2.18. The van der Waals surface area contributed by atoms with Crippen LogP contribution in [0.25, 0.3) is 0 Å². The molecule has 0 aromatic rings. The fraction of sp³-hybridized carbons (Fsp3) is 0.778. The average molecular weight is 325 g/mol. The number of carbonyl (C=O) groups excluding carboxylic acids is 2. The summed E-state index contributed by atoms with van der Waals surface area (Å²) in [5, 5.41) is 5.75. The van der Waals surface area contributed by atoms with Crippen molar-refractivity contribution in [1.29, 1.82) is 0 Å². The van der Waals surface area contributed by atoms with Crippen LogP contribution in [-0.4, -0.2) is 24.0 Å². The summed E-state index contributed by atoms with van der Waals surface area (Å²) in [6.07, 6.45) is 3.85. The zero-order valence-corrected chi connectivity index (χ0v) is 10.8. The molecule has 0 bridgehead atoms. The van der Waals surface area contributed by atoms with Gasteiger partial charge < -0.3 is 10.6 Å². The van der Waals surface area contributed by atoms with Gasteiger partial charge in [-0.25, -0.2) is 4.79 Å². The third-order valence-corrected chi connectivity index (χ3v) is 2.99. The molecule has 1 saturated carbocycles. The minimum absolute atomic E-state index is 0.000932. The zero-order chi connectivity index (χ0) is 11.3. The Hall–Kier alpha value is -0.530. The maximum Gasteiger partial charge on any atom is 0.323 e. The van der Waals surface area contributed by atoms with E-state index >= 15 is 0 Å². The molecular formula is C9H16IN3O2. The fourth-order valence-corrected chi connectivity index (χ4v) is 2.11. The van der Waals surface area contributed by atoms with E-state index in [4.69, 9.17) is 0 Å². The van der Waals surface area contributed by atoms with E-state index in [1.165, 1.54) is 6.92 Å². The van der Waals surface area contributed by atoms with Crippen LogP contribution in [0.5, 0.6) is 0 Å². The number of hydrogen-bond acceptors (Lipinski definition) is 2. The van der Waals surface area contributed by atoms with E-state index in [9.17, 15) is 9.59 Å². The number of rotatable bonds is 2. The van der Waals surface area contributed by atoms with Crippen LogP contribution in [-0.2, 0) is 4.79 Å². The van der Waals surface area contributed by atoms with Crippen molar-refractivity contribution in [3.63, 3.8) is 0 Å². The van der Waals surface area contributed by atoms with E-state index in [1.807, 2.05) is 0 Å². The van der Waals surface area contributed by atoms with Crippen molar-refractivity contribution >= 4 is 34.8 Å². The highest BCUT2D eigenvalue weighted by molar-refractivity contribution is 14.1. The van der Waals surface area contributed by atoms with Gasteiger partial charge in [0.1, 0.15) is 0 Å². The molecule has 86 valence electrons. The van der Waals surface area contributed by atoms with Crippen LogP contribution in [0.4, 0.5) is 4.79 Å². The van der Waals surface area contributed by atoms with Gasteiger partial charge in [0.05, 0.1) is 22.9 Å². The molecule has 0 spiro atoms. The monoisotopic (exact) mass is 325 g/mol. The molecule has 0 aliphatic heterocycles. The van der Waals surface area contributed by atoms with Crippen LogP contribution in [0.1, 0.15) is 32.6 Å². The van der Waals surface area contributed by atoms with Gasteiger partial charge in [-0.05, 0) is 25.7 Å². The first-order chi connectivity index (χ1) is 7.11. The first-order valence-electron chi connectivity index (χ1n) is 5.06. The second-order valence-electron chi connectivity index (χ2n) is 3.83. The van der Waals surface area contributed by atoms with Crippen LogP contribution in [0.3, 0.4) is 0 Å². The topological polar surface area (TPSA) is 70.2 Å². The Morgan fingerprint density at radius 1 is 1.20 bits per heavy atom. The molecule has 5 nitrogen and oxygen atoms in total. The summed E-state index contributed by atoms with van der Waals surface area (Å²) in [6.45, 7) is 1.52. The van der Waals surface area contributed by atoms with Crippen LogP contribution in [0.15, 0.2) is 0 Å². The SMILES string of the molecule is CC(=O)NC1CCCC(NC(=O)NI)C1. The van der Waals surface area contributed by atoms with E-state index in [1.54, 1.807) is 22.9 Å². The molecule has 2 atom stereocenters. The summed E-state index contributed by atoms with van der Waals surface area (Å²) in [7, 11) is 0. The number of nitrogens with one attached hydrogen (secondary N) is 3. The maximum atomic E-state index is 11.1. The lowest BCUT2D eigenvalue weighted by Crippen LogP contribution is -2.46. The molecule has 3 amide bonds. The summed E-state index contributed by atoms with van der Waals surface area (Å²) in [5.74, 6) is -0.000932. The van der Waals surface area contributed by atoms with Gasteiger partial charge in [-0.1, -0.05) is 0 Å². The molecule has 3 N–H and O–H groups in total. The molecule has 0 saturated heterocycles. The Labute approximate surface area is 103 Å². The molecular weight excluding hydrogens is 309 g/mol. The van der Waals surface area contributed by atoms with Crippen LogP contribution >= 0.6 is 22.9 Å². The summed E-state index contributed by atoms with van der Waals surface area (Å²) in [5.41, 5.74) is 0.